The van der Waals surface area contributed by atoms with Gasteiger partial charge >= 0.3 is 0 Å². The number of carbonyl (C=O) groups excluding carboxylic acids is 1. The molecular formula is C17H21NO. The van der Waals surface area contributed by atoms with Crippen LogP contribution in [0, 0.1) is 11.3 Å². The summed E-state index contributed by atoms with van der Waals surface area (Å²) in [6.45, 7) is 1.99. The lowest BCUT2D eigenvalue weighted by atomic mass is 9.76. The molecule has 19 heavy (non-hydrogen) atoms. The fourth-order valence-corrected chi connectivity index (χ4v) is 4.61. The maximum Gasteiger partial charge on any atom is 0.142 e. The highest BCUT2D eigenvalue weighted by atomic mass is 16.1. The Hall–Kier alpha value is -1.15. The van der Waals surface area contributed by atoms with E-state index in [4.69, 9.17) is 0 Å². The zero-order valence-corrected chi connectivity index (χ0v) is 11.3. The van der Waals surface area contributed by atoms with Crippen LogP contribution in [0.25, 0.3) is 0 Å². The molecule has 3 atom stereocenters. The number of piperidine rings is 1. The van der Waals surface area contributed by atoms with Crippen molar-refractivity contribution in [1.29, 1.82) is 0 Å². The van der Waals surface area contributed by atoms with Crippen molar-refractivity contribution in [3.63, 3.8) is 0 Å². The highest BCUT2D eigenvalue weighted by molar-refractivity contribution is 5.90. The molecule has 0 aromatic heterocycles. The molecule has 3 fully saturated rings. The van der Waals surface area contributed by atoms with Crippen molar-refractivity contribution in [2.24, 2.45) is 11.3 Å². The number of hydrogen-bond donors (Lipinski definition) is 0. The Bertz CT molecular complexity index is 497. The van der Waals surface area contributed by atoms with Gasteiger partial charge in [-0.2, -0.15) is 0 Å². The second-order valence-electron chi connectivity index (χ2n) is 6.52. The van der Waals surface area contributed by atoms with Gasteiger partial charge in [0.1, 0.15) is 5.78 Å². The first-order valence-corrected chi connectivity index (χ1v) is 7.62. The van der Waals surface area contributed by atoms with Crippen LogP contribution in [0.1, 0.15) is 37.7 Å². The van der Waals surface area contributed by atoms with Crippen molar-refractivity contribution in [2.45, 2.75) is 44.7 Å². The predicted octanol–water partition coefficient (Wildman–Crippen LogP) is 3.02. The zero-order chi connectivity index (χ0) is 12.9. The van der Waals surface area contributed by atoms with E-state index in [1.54, 1.807) is 0 Å². The molecule has 1 aromatic rings. The third kappa shape index (κ3) is 1.69. The number of ketones is 1. The van der Waals surface area contributed by atoms with Crippen molar-refractivity contribution < 1.29 is 4.79 Å². The molecule has 2 aliphatic carbocycles. The monoisotopic (exact) mass is 255 g/mol. The van der Waals surface area contributed by atoms with Gasteiger partial charge in [0, 0.05) is 31.0 Å². The average Bonchev–Trinajstić information content (AvgIpc) is 3.18. The van der Waals surface area contributed by atoms with Crippen molar-refractivity contribution in [3.8, 4) is 0 Å². The summed E-state index contributed by atoms with van der Waals surface area (Å²) < 4.78 is 0. The molecule has 2 nitrogen and oxygen atoms in total. The lowest BCUT2D eigenvalue weighted by Crippen LogP contribution is -2.52. The Morgan fingerprint density at radius 3 is 2.89 bits per heavy atom. The smallest absolute Gasteiger partial charge is 0.142 e. The van der Waals surface area contributed by atoms with E-state index in [-0.39, 0.29) is 5.41 Å². The Balaban J connectivity index is 1.58. The van der Waals surface area contributed by atoms with Crippen LogP contribution >= 0.6 is 0 Å². The maximum atomic E-state index is 12.4. The van der Waals surface area contributed by atoms with Gasteiger partial charge < -0.3 is 0 Å². The van der Waals surface area contributed by atoms with Crippen LogP contribution < -0.4 is 0 Å². The zero-order valence-electron chi connectivity index (χ0n) is 11.3. The number of Topliss-reactive ketones (excluding diaryl/α,β-unsaturated/α-hetero) is 1. The van der Waals surface area contributed by atoms with Crippen LogP contribution in [0.2, 0.25) is 0 Å². The van der Waals surface area contributed by atoms with Crippen LogP contribution in [-0.2, 0) is 11.3 Å². The number of rotatable bonds is 2. The van der Waals surface area contributed by atoms with E-state index in [2.05, 4.69) is 35.2 Å². The number of nitrogens with zero attached hydrogens (tertiary/aromatic N) is 1. The first-order chi connectivity index (χ1) is 9.30. The Morgan fingerprint density at radius 2 is 2.05 bits per heavy atom. The van der Waals surface area contributed by atoms with E-state index < -0.39 is 0 Å². The summed E-state index contributed by atoms with van der Waals surface area (Å²) in [5.74, 6) is 1.30. The molecule has 100 valence electrons. The van der Waals surface area contributed by atoms with Gasteiger partial charge in [0.2, 0.25) is 0 Å². The summed E-state index contributed by atoms with van der Waals surface area (Å²) in [5.41, 5.74) is 1.47. The first-order valence-electron chi connectivity index (χ1n) is 7.62. The van der Waals surface area contributed by atoms with Gasteiger partial charge in [-0.3, -0.25) is 9.69 Å². The topological polar surface area (TPSA) is 20.3 Å². The fourth-order valence-electron chi connectivity index (χ4n) is 4.61. The average molecular weight is 255 g/mol. The first kappa shape index (κ1) is 11.7. The summed E-state index contributed by atoms with van der Waals surface area (Å²) in [6.07, 6.45) is 5.80. The highest BCUT2D eigenvalue weighted by Gasteiger charge is 2.66. The van der Waals surface area contributed by atoms with Crippen LogP contribution in [0.3, 0.4) is 0 Å². The van der Waals surface area contributed by atoms with Crippen molar-refractivity contribution in [3.05, 3.63) is 35.9 Å². The molecule has 1 aromatic carbocycles. The summed E-state index contributed by atoms with van der Waals surface area (Å²) in [6, 6.07) is 11.2. The minimum absolute atomic E-state index is 0.0886. The van der Waals surface area contributed by atoms with Gasteiger partial charge in [0.25, 0.3) is 0 Å². The molecule has 0 bridgehead atoms. The summed E-state index contributed by atoms with van der Waals surface area (Å²) in [5, 5.41) is 0. The second-order valence-corrected chi connectivity index (χ2v) is 6.52. The minimum Gasteiger partial charge on any atom is -0.299 e. The van der Waals surface area contributed by atoms with Gasteiger partial charge in [-0.25, -0.2) is 0 Å². The molecule has 1 aliphatic heterocycles. The van der Waals surface area contributed by atoms with Crippen molar-refractivity contribution in [2.75, 3.05) is 6.54 Å². The fraction of sp³-hybridized carbons (Fsp3) is 0.588. The van der Waals surface area contributed by atoms with Gasteiger partial charge in [-0.15, -0.1) is 0 Å². The molecule has 1 spiro atoms. The lowest BCUT2D eigenvalue weighted by molar-refractivity contribution is -0.133. The Labute approximate surface area is 114 Å². The van der Waals surface area contributed by atoms with E-state index in [1.807, 2.05) is 0 Å². The largest absolute Gasteiger partial charge is 0.299 e. The highest BCUT2D eigenvalue weighted by Crippen LogP contribution is 2.64. The van der Waals surface area contributed by atoms with Gasteiger partial charge in [-0.05, 0) is 30.7 Å². The van der Waals surface area contributed by atoms with Crippen LogP contribution in [0.5, 0.6) is 0 Å². The lowest BCUT2D eigenvalue weighted by Gasteiger charge is -2.44. The predicted molar refractivity (Wildman–Crippen MR) is 74.7 cm³/mol. The SMILES string of the molecule is O=C1CCN(Cc2ccccc2)[C@H]2CCC[C@@H]3C[C@@]132. The summed E-state index contributed by atoms with van der Waals surface area (Å²) in [7, 11) is 0. The Kier molecular flexibility index (Phi) is 2.56. The third-order valence-electron chi connectivity index (χ3n) is 5.59. The van der Waals surface area contributed by atoms with Crippen LogP contribution in [0.4, 0.5) is 0 Å². The molecule has 3 aliphatic rings. The molecule has 0 amide bonds. The van der Waals surface area contributed by atoms with E-state index in [0.717, 1.165) is 25.4 Å². The molecule has 0 radical (unpaired) electrons. The molecule has 4 rings (SSSR count). The minimum atomic E-state index is 0.0886. The van der Waals surface area contributed by atoms with E-state index in [9.17, 15) is 4.79 Å². The second kappa shape index (κ2) is 4.17. The van der Waals surface area contributed by atoms with E-state index in [1.165, 1.54) is 31.2 Å². The number of hydrogen-bond acceptors (Lipinski definition) is 2. The Morgan fingerprint density at radius 1 is 1.21 bits per heavy atom. The quantitative estimate of drug-likeness (QED) is 0.809. The summed E-state index contributed by atoms with van der Waals surface area (Å²) in [4.78, 5) is 15.0. The number of likely N-dealkylation sites (tertiary alicyclic amines) is 1. The van der Waals surface area contributed by atoms with Crippen molar-refractivity contribution in [1.82, 2.24) is 4.90 Å². The normalized spacial score (nSPS) is 37.6. The summed E-state index contributed by atoms with van der Waals surface area (Å²) >= 11 is 0. The van der Waals surface area contributed by atoms with Gasteiger partial charge in [0.15, 0.2) is 0 Å². The molecule has 2 saturated carbocycles. The standard InChI is InChI=1S/C17H21NO/c19-16-9-10-18(12-13-5-2-1-3-6-13)15-8-4-7-14-11-17(14,15)16/h1-3,5-6,14-15H,4,7-12H2/t14-,15+,17-/m1/s1. The molecule has 1 heterocycles. The van der Waals surface area contributed by atoms with Gasteiger partial charge in [-0.1, -0.05) is 36.8 Å². The number of carbonyl (C=O) groups is 1. The molecule has 0 unspecified atom stereocenters. The molecule has 1 saturated heterocycles. The van der Waals surface area contributed by atoms with E-state index in [0.29, 0.717) is 11.8 Å². The molecule has 2 heteroatoms. The van der Waals surface area contributed by atoms with Gasteiger partial charge in [0.05, 0.1) is 0 Å². The van der Waals surface area contributed by atoms with Crippen LogP contribution in [0.15, 0.2) is 30.3 Å². The van der Waals surface area contributed by atoms with Crippen LogP contribution in [-0.4, -0.2) is 23.3 Å². The number of benzene rings is 1. The third-order valence-corrected chi connectivity index (χ3v) is 5.59. The molecular weight excluding hydrogens is 234 g/mol. The van der Waals surface area contributed by atoms with Crippen molar-refractivity contribution >= 4 is 5.78 Å². The maximum absolute atomic E-state index is 12.4. The van der Waals surface area contributed by atoms with E-state index >= 15 is 0 Å². The molecule has 0 N–H and O–H groups in total.